The van der Waals surface area contributed by atoms with Gasteiger partial charge in [0.1, 0.15) is 5.82 Å². The van der Waals surface area contributed by atoms with Gasteiger partial charge in [-0.2, -0.15) is 0 Å². The van der Waals surface area contributed by atoms with Crippen molar-refractivity contribution in [3.8, 4) is 11.4 Å². The summed E-state index contributed by atoms with van der Waals surface area (Å²) in [4.78, 5) is 4.41. The summed E-state index contributed by atoms with van der Waals surface area (Å²) >= 11 is 0. The van der Waals surface area contributed by atoms with Crippen LogP contribution < -0.4 is 0 Å². The lowest BCUT2D eigenvalue weighted by molar-refractivity contribution is 0.494. The molecule has 2 aromatic rings. The highest BCUT2D eigenvalue weighted by molar-refractivity contribution is 5.60. The van der Waals surface area contributed by atoms with E-state index in [2.05, 4.69) is 46.6 Å². The van der Waals surface area contributed by atoms with Crippen LogP contribution in [0.25, 0.3) is 11.4 Å². The predicted octanol–water partition coefficient (Wildman–Crippen LogP) is 2.19. The monoisotopic (exact) mass is 228 g/mol. The standard InChI is InChI=1S/C13H16N4/c1-13(2,3)12-16-15-11-9-5-4-7-14-10(9)6-8-17(11)12/h4-5,7H,6,8H2,1-3H3. The van der Waals surface area contributed by atoms with Crippen LogP contribution >= 0.6 is 0 Å². The molecule has 0 N–H and O–H groups in total. The van der Waals surface area contributed by atoms with Gasteiger partial charge in [0.05, 0.1) is 5.69 Å². The minimum Gasteiger partial charge on any atom is -0.310 e. The Labute approximate surface area is 101 Å². The van der Waals surface area contributed by atoms with Crippen LogP contribution in [0.1, 0.15) is 32.3 Å². The smallest absolute Gasteiger partial charge is 0.165 e. The fraction of sp³-hybridized carbons (Fsp3) is 0.462. The molecule has 0 saturated heterocycles. The molecule has 0 amide bonds. The summed E-state index contributed by atoms with van der Waals surface area (Å²) in [5.41, 5.74) is 2.29. The summed E-state index contributed by atoms with van der Waals surface area (Å²) in [6, 6.07) is 4.04. The average molecular weight is 228 g/mol. The lowest BCUT2D eigenvalue weighted by Gasteiger charge is -2.22. The Hall–Kier alpha value is -1.71. The Morgan fingerprint density at radius 1 is 1.24 bits per heavy atom. The van der Waals surface area contributed by atoms with E-state index in [9.17, 15) is 0 Å². The minimum atomic E-state index is 0.0327. The fourth-order valence-corrected chi connectivity index (χ4v) is 2.33. The van der Waals surface area contributed by atoms with Crippen LogP contribution in [0, 0.1) is 0 Å². The number of rotatable bonds is 0. The Morgan fingerprint density at radius 3 is 2.82 bits per heavy atom. The highest BCUT2D eigenvalue weighted by Gasteiger charge is 2.27. The Balaban J connectivity index is 2.20. The maximum Gasteiger partial charge on any atom is 0.165 e. The van der Waals surface area contributed by atoms with E-state index < -0.39 is 0 Å². The molecule has 0 aliphatic carbocycles. The summed E-state index contributed by atoms with van der Waals surface area (Å²) in [7, 11) is 0. The van der Waals surface area contributed by atoms with Crippen molar-refractivity contribution in [3.05, 3.63) is 29.8 Å². The zero-order valence-electron chi connectivity index (χ0n) is 10.4. The van der Waals surface area contributed by atoms with Crippen molar-refractivity contribution in [1.29, 1.82) is 0 Å². The summed E-state index contributed by atoms with van der Waals surface area (Å²) in [5.74, 6) is 2.02. The summed E-state index contributed by atoms with van der Waals surface area (Å²) < 4.78 is 2.23. The molecule has 3 heterocycles. The van der Waals surface area contributed by atoms with Crippen molar-refractivity contribution < 1.29 is 0 Å². The number of fused-ring (bicyclic) bond motifs is 3. The number of aryl methyl sites for hydroxylation is 1. The van der Waals surface area contributed by atoms with Crippen molar-refractivity contribution in [2.45, 2.75) is 39.2 Å². The molecule has 17 heavy (non-hydrogen) atoms. The number of hydrogen-bond donors (Lipinski definition) is 0. The quantitative estimate of drug-likeness (QED) is 0.694. The molecule has 0 unspecified atom stereocenters. The second-order valence-electron chi connectivity index (χ2n) is 5.50. The number of hydrogen-bond acceptors (Lipinski definition) is 3. The SMILES string of the molecule is CC(C)(C)c1nnc2n1CCc1ncccc1-2. The first-order valence-corrected chi connectivity index (χ1v) is 5.95. The third-order valence-electron chi connectivity index (χ3n) is 3.12. The lowest BCUT2D eigenvalue weighted by Crippen LogP contribution is -2.22. The molecule has 88 valence electrons. The van der Waals surface area contributed by atoms with Gasteiger partial charge in [-0.15, -0.1) is 10.2 Å². The van der Waals surface area contributed by atoms with Crippen molar-refractivity contribution >= 4 is 0 Å². The summed E-state index contributed by atoms with van der Waals surface area (Å²) in [6.45, 7) is 7.44. The molecule has 0 saturated carbocycles. The second kappa shape index (κ2) is 3.39. The van der Waals surface area contributed by atoms with Crippen LogP contribution in [-0.2, 0) is 18.4 Å². The van der Waals surface area contributed by atoms with Gasteiger partial charge in [-0.3, -0.25) is 4.98 Å². The first-order chi connectivity index (χ1) is 8.07. The Kier molecular flexibility index (Phi) is 2.08. The van der Waals surface area contributed by atoms with E-state index in [0.717, 1.165) is 35.9 Å². The second-order valence-corrected chi connectivity index (χ2v) is 5.50. The molecule has 2 aromatic heterocycles. The van der Waals surface area contributed by atoms with E-state index in [4.69, 9.17) is 0 Å². The van der Waals surface area contributed by atoms with Gasteiger partial charge >= 0.3 is 0 Å². The number of nitrogens with zero attached hydrogens (tertiary/aromatic N) is 4. The van der Waals surface area contributed by atoms with Crippen molar-refractivity contribution in [1.82, 2.24) is 19.7 Å². The molecular formula is C13H16N4. The highest BCUT2D eigenvalue weighted by atomic mass is 15.3. The topological polar surface area (TPSA) is 43.6 Å². The van der Waals surface area contributed by atoms with Gasteiger partial charge < -0.3 is 4.57 Å². The largest absolute Gasteiger partial charge is 0.310 e. The Morgan fingerprint density at radius 2 is 2.06 bits per heavy atom. The van der Waals surface area contributed by atoms with Gasteiger partial charge in [0.2, 0.25) is 0 Å². The predicted molar refractivity (Wildman–Crippen MR) is 65.7 cm³/mol. The van der Waals surface area contributed by atoms with Gasteiger partial charge in [-0.05, 0) is 12.1 Å². The van der Waals surface area contributed by atoms with E-state index in [0.29, 0.717) is 0 Å². The van der Waals surface area contributed by atoms with Crippen LogP contribution in [0.4, 0.5) is 0 Å². The van der Waals surface area contributed by atoms with E-state index in [1.54, 1.807) is 0 Å². The fourth-order valence-electron chi connectivity index (χ4n) is 2.33. The molecule has 4 nitrogen and oxygen atoms in total. The van der Waals surface area contributed by atoms with Gasteiger partial charge in [-0.1, -0.05) is 20.8 Å². The molecule has 0 aromatic carbocycles. The minimum absolute atomic E-state index is 0.0327. The van der Waals surface area contributed by atoms with E-state index >= 15 is 0 Å². The third-order valence-corrected chi connectivity index (χ3v) is 3.12. The average Bonchev–Trinajstić information content (AvgIpc) is 2.72. The van der Waals surface area contributed by atoms with Gasteiger partial charge in [-0.25, -0.2) is 0 Å². The van der Waals surface area contributed by atoms with E-state index in [1.165, 1.54) is 0 Å². The molecule has 0 radical (unpaired) electrons. The molecule has 0 atom stereocenters. The van der Waals surface area contributed by atoms with Gasteiger partial charge in [0.15, 0.2) is 5.82 Å². The van der Waals surface area contributed by atoms with Crippen LogP contribution in [0.2, 0.25) is 0 Å². The molecular weight excluding hydrogens is 212 g/mol. The van der Waals surface area contributed by atoms with Crippen LogP contribution in [0.15, 0.2) is 18.3 Å². The first kappa shape index (κ1) is 10.4. The number of pyridine rings is 1. The highest BCUT2D eigenvalue weighted by Crippen LogP contribution is 2.30. The van der Waals surface area contributed by atoms with Crippen LogP contribution in [-0.4, -0.2) is 19.7 Å². The van der Waals surface area contributed by atoms with Gasteiger partial charge in [0, 0.05) is 30.1 Å². The van der Waals surface area contributed by atoms with Crippen molar-refractivity contribution in [3.63, 3.8) is 0 Å². The summed E-state index contributed by atoms with van der Waals surface area (Å²) in [6.07, 6.45) is 2.81. The Bertz CT molecular complexity index is 563. The molecule has 0 bridgehead atoms. The van der Waals surface area contributed by atoms with E-state index in [1.807, 2.05) is 12.3 Å². The maximum absolute atomic E-state index is 4.41. The first-order valence-electron chi connectivity index (χ1n) is 5.95. The van der Waals surface area contributed by atoms with Crippen molar-refractivity contribution in [2.24, 2.45) is 0 Å². The lowest BCUT2D eigenvalue weighted by atomic mass is 9.95. The molecule has 4 heteroatoms. The summed E-state index contributed by atoms with van der Waals surface area (Å²) in [5, 5.41) is 8.69. The zero-order chi connectivity index (χ0) is 12.0. The van der Waals surface area contributed by atoms with Gasteiger partial charge in [0.25, 0.3) is 0 Å². The third kappa shape index (κ3) is 1.55. The van der Waals surface area contributed by atoms with E-state index in [-0.39, 0.29) is 5.41 Å². The molecule has 1 aliphatic rings. The van der Waals surface area contributed by atoms with Crippen LogP contribution in [0.5, 0.6) is 0 Å². The molecule has 1 aliphatic heterocycles. The van der Waals surface area contributed by atoms with Crippen LogP contribution in [0.3, 0.4) is 0 Å². The van der Waals surface area contributed by atoms with Crippen molar-refractivity contribution in [2.75, 3.05) is 0 Å². The normalized spacial score (nSPS) is 14.3. The zero-order valence-corrected chi connectivity index (χ0v) is 10.4. The molecule has 0 fully saturated rings. The number of aromatic nitrogens is 4. The maximum atomic E-state index is 4.41. The molecule has 3 rings (SSSR count). The molecule has 0 spiro atoms.